The Morgan fingerprint density at radius 2 is 1.59 bits per heavy atom. The number of nitrogens with one attached hydrogen (secondary N) is 2. The number of ether oxygens (including phenoxy) is 1. The molecule has 2 N–H and O–H groups in total. The normalized spacial score (nSPS) is 14.1. The van der Waals surface area contributed by atoms with Gasteiger partial charge in [-0.3, -0.25) is 9.59 Å². The largest absolute Gasteiger partial charge is 0.444 e. The van der Waals surface area contributed by atoms with Crippen molar-refractivity contribution < 1.29 is 19.1 Å². The molecule has 0 bridgehead atoms. The first-order valence-corrected chi connectivity index (χ1v) is 11.7. The van der Waals surface area contributed by atoms with E-state index in [9.17, 15) is 14.4 Å². The Balaban J connectivity index is 1.85. The van der Waals surface area contributed by atoms with Gasteiger partial charge in [-0.2, -0.15) is 0 Å². The van der Waals surface area contributed by atoms with Gasteiger partial charge in [0.25, 0.3) is 0 Å². The van der Waals surface area contributed by atoms with Crippen LogP contribution in [0.3, 0.4) is 0 Å². The zero-order chi connectivity index (χ0) is 24.9. The third-order valence-electron chi connectivity index (χ3n) is 5.66. The lowest BCUT2D eigenvalue weighted by Gasteiger charge is -2.33. The van der Waals surface area contributed by atoms with Crippen molar-refractivity contribution >= 4 is 17.9 Å². The van der Waals surface area contributed by atoms with Crippen LogP contribution in [0.1, 0.15) is 61.9 Å². The summed E-state index contributed by atoms with van der Waals surface area (Å²) in [6.45, 7) is 9.32. The second kappa shape index (κ2) is 10.7. The van der Waals surface area contributed by atoms with Crippen molar-refractivity contribution in [3.05, 3.63) is 70.8 Å². The lowest BCUT2D eigenvalue weighted by molar-refractivity contribution is -0.141. The van der Waals surface area contributed by atoms with Crippen LogP contribution in [0.5, 0.6) is 0 Å². The van der Waals surface area contributed by atoms with E-state index in [1.807, 2.05) is 62.4 Å². The molecule has 2 aromatic rings. The highest BCUT2D eigenvalue weighted by atomic mass is 16.6. The molecule has 1 unspecified atom stereocenters. The maximum absolute atomic E-state index is 13.6. The van der Waals surface area contributed by atoms with E-state index in [1.54, 1.807) is 25.7 Å². The Morgan fingerprint density at radius 1 is 0.971 bits per heavy atom. The molecule has 0 aromatic heterocycles. The molecule has 7 heteroatoms. The number of alkyl carbamates (subject to hydrolysis) is 1. The van der Waals surface area contributed by atoms with Crippen LogP contribution in [0.4, 0.5) is 4.79 Å². The van der Waals surface area contributed by atoms with Gasteiger partial charge >= 0.3 is 6.09 Å². The number of carbonyl (C=O) groups excluding carboxylic acids is 3. The third-order valence-corrected chi connectivity index (χ3v) is 5.66. The van der Waals surface area contributed by atoms with Crippen molar-refractivity contribution in [2.24, 2.45) is 0 Å². The number of benzene rings is 2. The first-order valence-electron chi connectivity index (χ1n) is 11.7. The SMILES string of the molecule is Cc1cccc(C)c1C(C(=O)NCc1ccccc1)N(C(=O)CNC(=O)OC(C)(C)C)C1CC1. The molecule has 0 saturated heterocycles. The van der Waals surface area contributed by atoms with E-state index in [2.05, 4.69) is 10.6 Å². The highest BCUT2D eigenvalue weighted by Gasteiger charge is 2.42. The Labute approximate surface area is 201 Å². The number of amides is 3. The van der Waals surface area contributed by atoms with Crippen LogP contribution in [-0.2, 0) is 20.9 Å². The average molecular weight is 466 g/mol. The minimum atomic E-state index is -0.787. The van der Waals surface area contributed by atoms with Gasteiger partial charge < -0.3 is 20.3 Å². The predicted octanol–water partition coefficient (Wildman–Crippen LogP) is 4.18. The maximum Gasteiger partial charge on any atom is 0.408 e. The lowest BCUT2D eigenvalue weighted by Crippen LogP contribution is -2.49. The van der Waals surface area contributed by atoms with Crippen LogP contribution < -0.4 is 10.6 Å². The highest BCUT2D eigenvalue weighted by molar-refractivity contribution is 5.91. The molecule has 1 fully saturated rings. The highest BCUT2D eigenvalue weighted by Crippen LogP contribution is 2.37. The zero-order valence-electron chi connectivity index (χ0n) is 20.7. The molecule has 1 saturated carbocycles. The lowest BCUT2D eigenvalue weighted by atomic mass is 9.94. The molecule has 0 aliphatic heterocycles. The number of hydrogen-bond acceptors (Lipinski definition) is 4. The molecule has 1 aliphatic carbocycles. The van der Waals surface area contributed by atoms with Gasteiger partial charge in [0, 0.05) is 12.6 Å². The van der Waals surface area contributed by atoms with Gasteiger partial charge in [0.05, 0.1) is 0 Å². The summed E-state index contributed by atoms with van der Waals surface area (Å²) in [6, 6.07) is 14.7. The van der Waals surface area contributed by atoms with E-state index in [0.717, 1.165) is 35.1 Å². The first-order chi connectivity index (χ1) is 16.1. The summed E-state index contributed by atoms with van der Waals surface area (Å²) in [6.07, 6.45) is 0.991. The molecule has 3 rings (SSSR count). The first kappa shape index (κ1) is 25.3. The van der Waals surface area contributed by atoms with Gasteiger partial charge in [-0.25, -0.2) is 4.79 Å². The maximum atomic E-state index is 13.6. The van der Waals surface area contributed by atoms with Gasteiger partial charge in [-0.15, -0.1) is 0 Å². The van der Waals surface area contributed by atoms with Crippen molar-refractivity contribution in [3.8, 4) is 0 Å². The standard InChI is InChI=1S/C27H35N3O4/c1-18-10-9-11-19(2)23(18)24(25(32)28-16-20-12-7-6-8-13-20)30(21-14-15-21)22(31)17-29-26(33)34-27(3,4)5/h6-13,21,24H,14-17H2,1-5H3,(H,28,32)(H,29,33). The van der Waals surface area contributed by atoms with E-state index in [4.69, 9.17) is 4.74 Å². The Kier molecular flexibility index (Phi) is 7.97. The quantitative estimate of drug-likeness (QED) is 0.612. The molecule has 0 heterocycles. The summed E-state index contributed by atoms with van der Waals surface area (Å²) in [5.74, 6) is -0.547. The molecule has 0 spiro atoms. The minimum Gasteiger partial charge on any atom is -0.444 e. The van der Waals surface area contributed by atoms with Crippen molar-refractivity contribution in [3.63, 3.8) is 0 Å². The van der Waals surface area contributed by atoms with Gasteiger partial charge in [-0.1, -0.05) is 48.5 Å². The van der Waals surface area contributed by atoms with Crippen molar-refractivity contribution in [2.75, 3.05) is 6.54 Å². The Morgan fingerprint density at radius 3 is 2.15 bits per heavy atom. The molecule has 34 heavy (non-hydrogen) atoms. The molecule has 1 aliphatic rings. The van der Waals surface area contributed by atoms with Crippen LogP contribution in [0.2, 0.25) is 0 Å². The molecule has 7 nitrogen and oxygen atoms in total. The van der Waals surface area contributed by atoms with Crippen LogP contribution in [0.15, 0.2) is 48.5 Å². The summed E-state index contributed by atoms with van der Waals surface area (Å²) < 4.78 is 5.26. The fourth-order valence-electron chi connectivity index (χ4n) is 4.00. The van der Waals surface area contributed by atoms with Gasteiger partial charge in [0.2, 0.25) is 11.8 Å². The second-order valence-corrected chi connectivity index (χ2v) is 9.80. The fourth-order valence-corrected chi connectivity index (χ4v) is 4.00. The number of carbonyl (C=O) groups is 3. The van der Waals surface area contributed by atoms with Gasteiger partial charge in [0.1, 0.15) is 18.2 Å². The summed E-state index contributed by atoms with van der Waals surface area (Å²) >= 11 is 0. The van der Waals surface area contributed by atoms with E-state index >= 15 is 0 Å². The summed E-state index contributed by atoms with van der Waals surface area (Å²) in [7, 11) is 0. The number of aryl methyl sites for hydroxylation is 2. The van der Waals surface area contributed by atoms with Crippen LogP contribution in [-0.4, -0.2) is 41.0 Å². The topological polar surface area (TPSA) is 87.7 Å². The molecule has 3 amide bonds. The Bertz CT molecular complexity index is 1010. The van der Waals surface area contributed by atoms with Crippen molar-refractivity contribution in [1.82, 2.24) is 15.5 Å². The predicted molar refractivity (Wildman–Crippen MR) is 131 cm³/mol. The molecule has 1 atom stereocenters. The molecule has 182 valence electrons. The van der Waals surface area contributed by atoms with Gasteiger partial charge in [0.15, 0.2) is 0 Å². The average Bonchev–Trinajstić information content (AvgIpc) is 3.60. The summed E-state index contributed by atoms with van der Waals surface area (Å²) in [5, 5.41) is 5.57. The summed E-state index contributed by atoms with van der Waals surface area (Å²) in [4.78, 5) is 40.8. The van der Waals surface area contributed by atoms with Crippen LogP contribution in [0.25, 0.3) is 0 Å². The number of hydrogen-bond donors (Lipinski definition) is 2. The van der Waals surface area contributed by atoms with Crippen molar-refractivity contribution in [2.45, 2.75) is 71.7 Å². The second-order valence-electron chi connectivity index (χ2n) is 9.80. The van der Waals surface area contributed by atoms with Gasteiger partial charge in [-0.05, 0) is 69.7 Å². The molecule has 0 radical (unpaired) electrons. The van der Waals surface area contributed by atoms with E-state index < -0.39 is 17.7 Å². The Hall–Kier alpha value is -3.35. The third kappa shape index (κ3) is 6.83. The smallest absolute Gasteiger partial charge is 0.408 e. The summed E-state index contributed by atoms with van der Waals surface area (Å²) in [5.41, 5.74) is 3.02. The van der Waals surface area contributed by atoms with Crippen molar-refractivity contribution in [1.29, 1.82) is 0 Å². The molecule has 2 aromatic carbocycles. The number of nitrogens with zero attached hydrogens (tertiary/aromatic N) is 1. The van der Waals surface area contributed by atoms with Crippen LogP contribution in [0, 0.1) is 13.8 Å². The van der Waals surface area contributed by atoms with E-state index in [0.29, 0.717) is 6.54 Å². The van der Waals surface area contributed by atoms with E-state index in [-0.39, 0.29) is 24.4 Å². The molecular weight excluding hydrogens is 430 g/mol. The monoisotopic (exact) mass is 465 g/mol. The number of rotatable bonds is 8. The zero-order valence-corrected chi connectivity index (χ0v) is 20.7. The van der Waals surface area contributed by atoms with Crippen LogP contribution >= 0.6 is 0 Å². The minimum absolute atomic E-state index is 0.0422. The fraction of sp³-hybridized carbons (Fsp3) is 0.444. The molecular formula is C27H35N3O4. The van der Waals surface area contributed by atoms with E-state index in [1.165, 1.54) is 0 Å².